The van der Waals surface area contributed by atoms with Crippen LogP contribution in [0.5, 0.6) is 0 Å². The van der Waals surface area contributed by atoms with Crippen LogP contribution in [0.4, 0.5) is 9.59 Å². The predicted molar refractivity (Wildman–Crippen MR) is 40.0 cm³/mol. The molecule has 0 aromatic rings. The first kappa shape index (κ1) is 11.2. The van der Waals surface area contributed by atoms with E-state index in [2.05, 4.69) is 4.74 Å². The molecule has 0 aromatic carbocycles. The Bertz CT molecular complexity index is 249. The quantitative estimate of drug-likeness (QED) is 0.292. The van der Waals surface area contributed by atoms with Crippen LogP contribution < -0.4 is 0 Å². The van der Waals surface area contributed by atoms with E-state index < -0.39 is 24.5 Å². The topological polar surface area (TPSA) is 61.8 Å². The summed E-state index contributed by atoms with van der Waals surface area (Å²) in [4.78, 5) is 21.6. The van der Waals surface area contributed by atoms with Crippen molar-refractivity contribution in [1.82, 2.24) is 0 Å². The first-order chi connectivity index (χ1) is 6.25. The molecule has 1 aliphatic heterocycles. The summed E-state index contributed by atoms with van der Waals surface area (Å²) in [6, 6.07) is 0. The molecular formula is C8H8O5Pd. The van der Waals surface area contributed by atoms with Gasteiger partial charge < -0.3 is 14.2 Å². The average molecular weight is 291 g/mol. The van der Waals surface area contributed by atoms with Crippen molar-refractivity contribution in [2.75, 3.05) is 0 Å². The van der Waals surface area contributed by atoms with E-state index >= 15 is 0 Å². The van der Waals surface area contributed by atoms with Crippen LogP contribution in [0.1, 0.15) is 12.8 Å². The van der Waals surface area contributed by atoms with Gasteiger partial charge in [0, 0.05) is 33.3 Å². The van der Waals surface area contributed by atoms with Crippen molar-refractivity contribution < 1.29 is 44.2 Å². The van der Waals surface area contributed by atoms with Crippen LogP contribution in [0.15, 0.2) is 12.2 Å². The van der Waals surface area contributed by atoms with Crippen molar-refractivity contribution in [2.24, 2.45) is 0 Å². The van der Waals surface area contributed by atoms with E-state index in [1.807, 2.05) is 12.2 Å². The Morgan fingerprint density at radius 1 is 1.00 bits per heavy atom. The van der Waals surface area contributed by atoms with E-state index in [0.29, 0.717) is 12.8 Å². The summed E-state index contributed by atoms with van der Waals surface area (Å²) in [5, 5.41) is 0. The summed E-state index contributed by atoms with van der Waals surface area (Å²) >= 11 is 0. The number of hydrogen-bond acceptors (Lipinski definition) is 5. The van der Waals surface area contributed by atoms with Gasteiger partial charge in [-0.3, -0.25) is 0 Å². The third-order valence-corrected chi connectivity index (χ3v) is 1.98. The Balaban J connectivity index is 0.000000980. The van der Waals surface area contributed by atoms with Gasteiger partial charge in [0.2, 0.25) is 0 Å². The fourth-order valence-corrected chi connectivity index (χ4v) is 1.38. The number of cyclic esters (lactones) is 2. The predicted octanol–water partition coefficient (Wildman–Crippen LogP) is 1.37. The summed E-state index contributed by atoms with van der Waals surface area (Å²) in [6.07, 6.45) is 2.13. The van der Waals surface area contributed by atoms with Crippen molar-refractivity contribution in [3.05, 3.63) is 12.2 Å². The van der Waals surface area contributed by atoms with Gasteiger partial charge in [0.1, 0.15) is 12.2 Å². The van der Waals surface area contributed by atoms with E-state index in [1.165, 1.54) is 0 Å². The second kappa shape index (κ2) is 4.58. The normalized spacial score (nSPS) is 30.0. The molecule has 0 bridgehead atoms. The summed E-state index contributed by atoms with van der Waals surface area (Å²) in [7, 11) is 0. The minimum absolute atomic E-state index is 0. The zero-order valence-corrected chi connectivity index (χ0v) is 8.64. The molecular weight excluding hydrogens is 283 g/mol. The Morgan fingerprint density at radius 3 is 1.86 bits per heavy atom. The molecule has 2 rings (SSSR count). The van der Waals surface area contributed by atoms with E-state index in [4.69, 9.17) is 9.47 Å². The molecule has 0 N–H and O–H groups in total. The van der Waals surface area contributed by atoms with Gasteiger partial charge in [-0.15, -0.1) is 0 Å². The Hall–Kier alpha value is -0.858. The number of fused-ring (bicyclic) bond motifs is 1. The van der Waals surface area contributed by atoms with E-state index in [-0.39, 0.29) is 20.4 Å². The minimum Gasteiger partial charge on any atom is -0.426 e. The number of hydrogen-bond donors (Lipinski definition) is 0. The standard InChI is InChI=1S/C8H8O5.Pd/c9-7-11-5-3-1-2-4-6(5)12-8(10)13-7;/h1-2,5-6H,3-4H2;. The van der Waals surface area contributed by atoms with Crippen LogP contribution in [0.25, 0.3) is 0 Å². The molecule has 1 aliphatic carbocycles. The molecule has 80 valence electrons. The number of carbonyl (C=O) groups is 2. The fourth-order valence-electron chi connectivity index (χ4n) is 1.38. The van der Waals surface area contributed by atoms with Crippen LogP contribution in [-0.2, 0) is 34.6 Å². The summed E-state index contributed by atoms with van der Waals surface area (Å²) < 4.78 is 13.8. The van der Waals surface area contributed by atoms with E-state index in [9.17, 15) is 9.59 Å². The summed E-state index contributed by atoms with van der Waals surface area (Å²) in [5.41, 5.74) is 0. The van der Waals surface area contributed by atoms with Gasteiger partial charge in [0.05, 0.1) is 0 Å². The first-order valence-electron chi connectivity index (χ1n) is 4.00. The van der Waals surface area contributed by atoms with Crippen molar-refractivity contribution in [3.8, 4) is 0 Å². The maximum atomic E-state index is 10.8. The number of carbonyl (C=O) groups excluding carboxylic acids is 2. The van der Waals surface area contributed by atoms with Gasteiger partial charge in [0.15, 0.2) is 0 Å². The molecule has 0 aromatic heterocycles. The van der Waals surface area contributed by atoms with Gasteiger partial charge in [-0.25, -0.2) is 9.59 Å². The minimum atomic E-state index is -0.979. The van der Waals surface area contributed by atoms with Crippen LogP contribution in [0.2, 0.25) is 0 Å². The molecule has 1 saturated heterocycles. The van der Waals surface area contributed by atoms with E-state index in [1.54, 1.807) is 0 Å². The Labute approximate surface area is 94.0 Å². The summed E-state index contributed by atoms with van der Waals surface area (Å²) in [6.45, 7) is 0. The number of ether oxygens (including phenoxy) is 3. The molecule has 0 amide bonds. The smallest absolute Gasteiger partial charge is 0.426 e. The first-order valence-corrected chi connectivity index (χ1v) is 4.00. The van der Waals surface area contributed by atoms with Gasteiger partial charge in [-0.05, 0) is 0 Å². The molecule has 14 heavy (non-hydrogen) atoms. The molecule has 2 aliphatic rings. The van der Waals surface area contributed by atoms with Crippen molar-refractivity contribution >= 4 is 12.3 Å². The average Bonchev–Trinajstić information content (AvgIpc) is 2.20. The third-order valence-electron chi connectivity index (χ3n) is 1.98. The van der Waals surface area contributed by atoms with Crippen LogP contribution >= 0.6 is 0 Å². The second-order valence-electron chi connectivity index (χ2n) is 2.86. The van der Waals surface area contributed by atoms with Crippen molar-refractivity contribution in [1.29, 1.82) is 0 Å². The van der Waals surface area contributed by atoms with Gasteiger partial charge in [-0.1, -0.05) is 12.2 Å². The zero-order valence-electron chi connectivity index (χ0n) is 7.08. The Kier molecular flexibility index (Phi) is 3.67. The van der Waals surface area contributed by atoms with Crippen molar-refractivity contribution in [3.63, 3.8) is 0 Å². The Morgan fingerprint density at radius 2 is 1.43 bits per heavy atom. The molecule has 0 spiro atoms. The second-order valence-corrected chi connectivity index (χ2v) is 2.86. The van der Waals surface area contributed by atoms with E-state index in [0.717, 1.165) is 0 Å². The molecule has 2 atom stereocenters. The third kappa shape index (κ3) is 2.34. The van der Waals surface area contributed by atoms with Gasteiger partial charge >= 0.3 is 12.3 Å². The molecule has 0 radical (unpaired) electrons. The SMILES string of the molecule is O=C1OC(=O)OC2CC=CCC2O1.[Pd]. The molecule has 2 unspecified atom stereocenters. The molecule has 1 fully saturated rings. The van der Waals surface area contributed by atoms with Crippen LogP contribution in [0.3, 0.4) is 0 Å². The molecule has 5 nitrogen and oxygen atoms in total. The maximum absolute atomic E-state index is 10.8. The van der Waals surface area contributed by atoms with Gasteiger partial charge in [0.25, 0.3) is 0 Å². The maximum Gasteiger partial charge on any atom is 0.519 e. The van der Waals surface area contributed by atoms with Gasteiger partial charge in [-0.2, -0.15) is 0 Å². The van der Waals surface area contributed by atoms with Crippen LogP contribution in [-0.4, -0.2) is 24.5 Å². The van der Waals surface area contributed by atoms with Crippen LogP contribution in [0, 0.1) is 0 Å². The largest absolute Gasteiger partial charge is 0.519 e. The molecule has 1 heterocycles. The van der Waals surface area contributed by atoms with Crippen molar-refractivity contribution in [2.45, 2.75) is 25.0 Å². The monoisotopic (exact) mass is 290 g/mol. The molecule has 0 saturated carbocycles. The summed E-state index contributed by atoms with van der Waals surface area (Å²) in [5.74, 6) is 0. The number of rotatable bonds is 0. The fraction of sp³-hybridized carbons (Fsp3) is 0.500. The molecule has 6 heteroatoms. The zero-order chi connectivity index (χ0) is 9.26.